The van der Waals surface area contributed by atoms with Crippen molar-refractivity contribution >= 4 is 23.2 Å². The molecule has 6 heteroatoms. The fraction of sp³-hybridized carbons (Fsp3) is 0.500. The van der Waals surface area contributed by atoms with Gasteiger partial charge in [0.25, 0.3) is 0 Å². The maximum Gasteiger partial charge on any atom is 0.241 e. The number of anilines is 2. The van der Waals surface area contributed by atoms with Gasteiger partial charge in [0, 0.05) is 44.5 Å². The van der Waals surface area contributed by atoms with Gasteiger partial charge < -0.3 is 20.4 Å². The lowest BCUT2D eigenvalue weighted by molar-refractivity contribution is -0.131. The van der Waals surface area contributed by atoms with E-state index in [1.165, 1.54) is 6.92 Å². The van der Waals surface area contributed by atoms with Gasteiger partial charge in [0.05, 0.1) is 6.54 Å². The molecular formula is C16H24N4O2. The number of hydrogen-bond donors (Lipinski definition) is 2. The molecule has 120 valence electrons. The highest BCUT2D eigenvalue weighted by Crippen LogP contribution is 2.13. The van der Waals surface area contributed by atoms with Crippen LogP contribution in [-0.4, -0.2) is 60.9 Å². The van der Waals surface area contributed by atoms with Gasteiger partial charge in [-0.3, -0.25) is 9.59 Å². The Balaban J connectivity index is 1.77. The molecule has 0 atom stereocenters. The van der Waals surface area contributed by atoms with Crippen molar-refractivity contribution in [1.82, 2.24) is 9.80 Å². The molecule has 0 spiro atoms. The number of likely N-dealkylation sites (N-methyl/N-ethyl adjacent to an activating group) is 1. The molecule has 0 saturated carbocycles. The molecule has 1 aromatic rings. The minimum atomic E-state index is -0.0953. The van der Waals surface area contributed by atoms with Crippen LogP contribution in [0.2, 0.25) is 0 Å². The third-order valence-electron chi connectivity index (χ3n) is 3.82. The predicted molar refractivity (Wildman–Crippen MR) is 87.9 cm³/mol. The molecule has 2 amide bonds. The van der Waals surface area contributed by atoms with Gasteiger partial charge in [0.15, 0.2) is 0 Å². The summed E-state index contributed by atoms with van der Waals surface area (Å²) in [5.74, 6) is 0.0313. The van der Waals surface area contributed by atoms with Gasteiger partial charge in [0.1, 0.15) is 0 Å². The highest BCUT2D eigenvalue weighted by atomic mass is 16.2. The molecule has 0 radical (unpaired) electrons. The van der Waals surface area contributed by atoms with E-state index in [-0.39, 0.29) is 11.8 Å². The van der Waals surface area contributed by atoms with Crippen molar-refractivity contribution in [2.45, 2.75) is 13.8 Å². The summed E-state index contributed by atoms with van der Waals surface area (Å²) in [6.07, 6.45) is 0. The molecule has 0 aromatic heterocycles. The fourth-order valence-corrected chi connectivity index (χ4v) is 2.48. The average molecular weight is 304 g/mol. The number of carbonyl (C=O) groups is 2. The lowest BCUT2D eigenvalue weighted by Crippen LogP contribution is -2.49. The molecule has 1 fully saturated rings. The molecule has 1 aliphatic rings. The summed E-state index contributed by atoms with van der Waals surface area (Å²) in [5, 5.41) is 5.84. The van der Waals surface area contributed by atoms with E-state index in [1.807, 2.05) is 29.2 Å². The van der Waals surface area contributed by atoms with Crippen molar-refractivity contribution in [3.05, 3.63) is 24.3 Å². The normalized spacial score (nSPS) is 15.5. The first-order valence-electron chi connectivity index (χ1n) is 7.70. The van der Waals surface area contributed by atoms with Crippen LogP contribution >= 0.6 is 0 Å². The first-order valence-corrected chi connectivity index (χ1v) is 7.70. The summed E-state index contributed by atoms with van der Waals surface area (Å²) >= 11 is 0. The largest absolute Gasteiger partial charge is 0.376 e. The standard InChI is InChI=1S/C16H24N4O2/c1-3-19-8-10-20(11-9-19)16(22)12-17-14-4-6-15(7-5-14)18-13(2)21/h4-7,17H,3,8-12H2,1-2H3,(H,18,21). The minimum absolute atomic E-state index is 0.0953. The zero-order chi connectivity index (χ0) is 15.9. The number of nitrogens with zero attached hydrogens (tertiary/aromatic N) is 2. The molecule has 0 bridgehead atoms. The van der Waals surface area contributed by atoms with E-state index in [9.17, 15) is 9.59 Å². The Bertz CT molecular complexity index is 507. The number of benzene rings is 1. The van der Waals surface area contributed by atoms with Gasteiger partial charge in [-0.1, -0.05) is 6.92 Å². The third kappa shape index (κ3) is 4.73. The van der Waals surface area contributed by atoms with Crippen molar-refractivity contribution < 1.29 is 9.59 Å². The average Bonchev–Trinajstić information content (AvgIpc) is 2.53. The summed E-state index contributed by atoms with van der Waals surface area (Å²) < 4.78 is 0. The number of nitrogens with one attached hydrogen (secondary N) is 2. The smallest absolute Gasteiger partial charge is 0.241 e. The molecule has 2 rings (SSSR count). The molecule has 0 aliphatic carbocycles. The van der Waals surface area contributed by atoms with E-state index in [1.54, 1.807) is 0 Å². The van der Waals surface area contributed by atoms with Gasteiger partial charge in [-0.25, -0.2) is 0 Å². The van der Waals surface area contributed by atoms with Gasteiger partial charge >= 0.3 is 0 Å². The lowest BCUT2D eigenvalue weighted by atomic mass is 10.2. The van der Waals surface area contributed by atoms with Crippen LogP contribution in [0.3, 0.4) is 0 Å². The van der Waals surface area contributed by atoms with Crippen molar-refractivity contribution in [2.75, 3.05) is 49.9 Å². The zero-order valence-electron chi connectivity index (χ0n) is 13.3. The summed E-state index contributed by atoms with van der Waals surface area (Å²) in [6, 6.07) is 7.34. The van der Waals surface area contributed by atoms with Crippen molar-refractivity contribution in [3.8, 4) is 0 Å². The maximum absolute atomic E-state index is 12.2. The molecule has 1 aromatic carbocycles. The Morgan fingerprint density at radius 3 is 2.18 bits per heavy atom. The highest BCUT2D eigenvalue weighted by Gasteiger charge is 2.19. The Labute approximate surface area is 131 Å². The van der Waals surface area contributed by atoms with Crippen molar-refractivity contribution in [1.29, 1.82) is 0 Å². The fourth-order valence-electron chi connectivity index (χ4n) is 2.48. The first-order chi connectivity index (χ1) is 10.6. The number of amides is 2. The van der Waals surface area contributed by atoms with E-state index in [4.69, 9.17) is 0 Å². The summed E-state index contributed by atoms with van der Waals surface area (Å²) in [5.41, 5.74) is 1.62. The van der Waals surface area contributed by atoms with E-state index >= 15 is 0 Å². The predicted octanol–water partition coefficient (Wildman–Crippen LogP) is 1.22. The molecule has 0 unspecified atom stereocenters. The molecule has 1 heterocycles. The second-order valence-electron chi connectivity index (χ2n) is 5.43. The monoisotopic (exact) mass is 304 g/mol. The van der Waals surface area contributed by atoms with Gasteiger partial charge in [-0.05, 0) is 30.8 Å². The Morgan fingerprint density at radius 2 is 1.64 bits per heavy atom. The number of carbonyl (C=O) groups excluding carboxylic acids is 2. The van der Waals surface area contributed by atoms with Crippen LogP contribution in [0, 0.1) is 0 Å². The van der Waals surface area contributed by atoms with E-state index in [2.05, 4.69) is 22.5 Å². The van der Waals surface area contributed by atoms with E-state index in [0.29, 0.717) is 6.54 Å². The van der Waals surface area contributed by atoms with Crippen molar-refractivity contribution in [2.24, 2.45) is 0 Å². The molecule has 22 heavy (non-hydrogen) atoms. The van der Waals surface area contributed by atoms with Crippen LogP contribution in [0.5, 0.6) is 0 Å². The number of hydrogen-bond acceptors (Lipinski definition) is 4. The second kappa shape index (κ2) is 7.79. The second-order valence-corrected chi connectivity index (χ2v) is 5.43. The summed E-state index contributed by atoms with van der Waals surface area (Å²) in [7, 11) is 0. The van der Waals surface area contributed by atoms with Crippen LogP contribution in [0.1, 0.15) is 13.8 Å². The number of rotatable bonds is 5. The Morgan fingerprint density at radius 1 is 1.05 bits per heavy atom. The summed E-state index contributed by atoms with van der Waals surface area (Å²) in [6.45, 7) is 8.46. The lowest BCUT2D eigenvalue weighted by Gasteiger charge is -2.34. The van der Waals surface area contributed by atoms with Crippen molar-refractivity contribution in [3.63, 3.8) is 0 Å². The van der Waals surface area contributed by atoms with E-state index in [0.717, 1.165) is 44.1 Å². The SMILES string of the molecule is CCN1CCN(C(=O)CNc2ccc(NC(C)=O)cc2)CC1. The van der Waals surface area contributed by atoms with Gasteiger partial charge in [-0.15, -0.1) is 0 Å². The number of piperazine rings is 1. The highest BCUT2D eigenvalue weighted by molar-refractivity contribution is 5.89. The van der Waals surface area contributed by atoms with Crippen LogP contribution in [0.15, 0.2) is 24.3 Å². The van der Waals surface area contributed by atoms with E-state index < -0.39 is 0 Å². The minimum Gasteiger partial charge on any atom is -0.376 e. The maximum atomic E-state index is 12.2. The topological polar surface area (TPSA) is 64.7 Å². The van der Waals surface area contributed by atoms with Crippen LogP contribution in [0.4, 0.5) is 11.4 Å². The van der Waals surface area contributed by atoms with Gasteiger partial charge in [0.2, 0.25) is 11.8 Å². The Kier molecular flexibility index (Phi) is 5.77. The molecule has 1 saturated heterocycles. The van der Waals surface area contributed by atoms with Crippen LogP contribution < -0.4 is 10.6 Å². The summed E-state index contributed by atoms with van der Waals surface area (Å²) in [4.78, 5) is 27.4. The zero-order valence-corrected chi connectivity index (χ0v) is 13.3. The molecular weight excluding hydrogens is 280 g/mol. The third-order valence-corrected chi connectivity index (χ3v) is 3.82. The Hall–Kier alpha value is -2.08. The van der Waals surface area contributed by atoms with Crippen LogP contribution in [0.25, 0.3) is 0 Å². The molecule has 1 aliphatic heterocycles. The van der Waals surface area contributed by atoms with Crippen LogP contribution in [-0.2, 0) is 9.59 Å². The van der Waals surface area contributed by atoms with Gasteiger partial charge in [-0.2, -0.15) is 0 Å². The molecule has 6 nitrogen and oxygen atoms in total. The molecule has 2 N–H and O–H groups in total. The quantitative estimate of drug-likeness (QED) is 0.858. The first kappa shape index (κ1) is 16.3.